The second-order valence-corrected chi connectivity index (χ2v) is 5.41. The molecule has 0 aliphatic heterocycles. The van der Waals surface area contributed by atoms with Gasteiger partial charge in [-0.15, -0.1) is 0 Å². The van der Waals surface area contributed by atoms with Gasteiger partial charge >= 0.3 is 5.97 Å². The van der Waals surface area contributed by atoms with Crippen LogP contribution in [0.25, 0.3) is 0 Å². The standard InChI is InChI=1S/C14H18N2O2/c15-10-3-6-12(14(17)18)13(7-10)16(11-4-5-11)8-9-1-2-9/h3,6-7,9,11H,1-2,4-5,8,15H2,(H,17,18). The largest absolute Gasteiger partial charge is 0.478 e. The van der Waals surface area contributed by atoms with Gasteiger partial charge in [-0.05, 0) is 49.8 Å². The van der Waals surface area contributed by atoms with Crippen molar-refractivity contribution in [2.75, 3.05) is 17.2 Å². The fraction of sp³-hybridized carbons (Fsp3) is 0.500. The third kappa shape index (κ3) is 2.28. The highest BCUT2D eigenvalue weighted by Crippen LogP contribution is 2.39. The Morgan fingerprint density at radius 2 is 2.06 bits per heavy atom. The van der Waals surface area contributed by atoms with Crippen molar-refractivity contribution >= 4 is 17.3 Å². The number of nitrogens with zero attached hydrogens (tertiary/aromatic N) is 1. The van der Waals surface area contributed by atoms with Crippen molar-refractivity contribution < 1.29 is 9.90 Å². The summed E-state index contributed by atoms with van der Waals surface area (Å²) in [7, 11) is 0. The van der Waals surface area contributed by atoms with Gasteiger partial charge in [0, 0.05) is 18.3 Å². The summed E-state index contributed by atoms with van der Waals surface area (Å²) in [5.41, 5.74) is 7.62. The predicted octanol–water partition coefficient (Wildman–Crippen LogP) is 2.35. The highest BCUT2D eigenvalue weighted by molar-refractivity contribution is 5.95. The first-order valence-electron chi connectivity index (χ1n) is 6.54. The van der Waals surface area contributed by atoms with Crippen molar-refractivity contribution in [3.05, 3.63) is 23.8 Å². The van der Waals surface area contributed by atoms with E-state index in [1.807, 2.05) is 6.07 Å². The smallest absolute Gasteiger partial charge is 0.337 e. The SMILES string of the molecule is Nc1ccc(C(=O)O)c(N(CC2CC2)C2CC2)c1. The highest BCUT2D eigenvalue weighted by atomic mass is 16.4. The van der Waals surface area contributed by atoms with Crippen LogP contribution >= 0.6 is 0 Å². The number of benzene rings is 1. The molecule has 0 atom stereocenters. The van der Waals surface area contributed by atoms with Crippen molar-refractivity contribution in [1.29, 1.82) is 0 Å². The Hall–Kier alpha value is -1.71. The zero-order valence-electron chi connectivity index (χ0n) is 10.3. The fourth-order valence-electron chi connectivity index (χ4n) is 2.38. The topological polar surface area (TPSA) is 66.6 Å². The van der Waals surface area contributed by atoms with Gasteiger partial charge in [0.05, 0.1) is 11.3 Å². The number of nitrogen functional groups attached to an aromatic ring is 1. The van der Waals surface area contributed by atoms with E-state index in [2.05, 4.69) is 4.90 Å². The maximum absolute atomic E-state index is 11.3. The molecule has 96 valence electrons. The minimum Gasteiger partial charge on any atom is -0.478 e. The zero-order valence-corrected chi connectivity index (χ0v) is 10.3. The van der Waals surface area contributed by atoms with Gasteiger partial charge in [-0.1, -0.05) is 0 Å². The molecule has 2 aliphatic rings. The first-order valence-corrected chi connectivity index (χ1v) is 6.54. The number of carboxylic acid groups (broad SMARTS) is 1. The van der Waals surface area contributed by atoms with Crippen molar-refractivity contribution in [2.24, 2.45) is 5.92 Å². The number of aromatic carboxylic acids is 1. The summed E-state index contributed by atoms with van der Waals surface area (Å²) >= 11 is 0. The third-order valence-electron chi connectivity index (χ3n) is 3.70. The minimum absolute atomic E-state index is 0.372. The Bertz CT molecular complexity index is 479. The predicted molar refractivity (Wildman–Crippen MR) is 70.9 cm³/mol. The molecule has 18 heavy (non-hydrogen) atoms. The lowest BCUT2D eigenvalue weighted by molar-refractivity contribution is 0.0697. The summed E-state index contributed by atoms with van der Waals surface area (Å²) in [5.74, 6) is -0.125. The molecule has 0 amide bonds. The molecular weight excluding hydrogens is 228 g/mol. The van der Waals surface area contributed by atoms with Crippen LogP contribution in [0.5, 0.6) is 0 Å². The van der Waals surface area contributed by atoms with Crippen LogP contribution in [0.2, 0.25) is 0 Å². The molecule has 2 aliphatic carbocycles. The lowest BCUT2D eigenvalue weighted by Crippen LogP contribution is -2.29. The molecule has 1 aromatic carbocycles. The van der Waals surface area contributed by atoms with Crippen LogP contribution in [0.4, 0.5) is 11.4 Å². The maximum Gasteiger partial charge on any atom is 0.337 e. The summed E-state index contributed by atoms with van der Waals surface area (Å²) in [6.07, 6.45) is 4.88. The van der Waals surface area contributed by atoms with Crippen molar-refractivity contribution in [3.63, 3.8) is 0 Å². The number of anilines is 2. The second kappa shape index (κ2) is 4.19. The van der Waals surface area contributed by atoms with E-state index in [-0.39, 0.29) is 0 Å². The van der Waals surface area contributed by atoms with E-state index in [9.17, 15) is 9.90 Å². The van der Waals surface area contributed by atoms with E-state index in [4.69, 9.17) is 5.73 Å². The Morgan fingerprint density at radius 3 is 2.61 bits per heavy atom. The van der Waals surface area contributed by atoms with Crippen LogP contribution in [0, 0.1) is 5.92 Å². The Kier molecular flexibility index (Phi) is 2.65. The normalized spacial score (nSPS) is 18.7. The average Bonchev–Trinajstić information content (AvgIpc) is 3.18. The fourth-order valence-corrected chi connectivity index (χ4v) is 2.38. The van der Waals surface area contributed by atoms with Crippen LogP contribution < -0.4 is 10.6 Å². The van der Waals surface area contributed by atoms with E-state index < -0.39 is 5.97 Å². The molecule has 0 radical (unpaired) electrons. The third-order valence-corrected chi connectivity index (χ3v) is 3.70. The number of hydrogen-bond acceptors (Lipinski definition) is 3. The second-order valence-electron chi connectivity index (χ2n) is 5.41. The van der Waals surface area contributed by atoms with Crippen LogP contribution in [0.15, 0.2) is 18.2 Å². The molecule has 0 spiro atoms. The number of hydrogen-bond donors (Lipinski definition) is 2. The minimum atomic E-state index is -0.869. The van der Waals surface area contributed by atoms with Gasteiger partial charge < -0.3 is 15.7 Å². The summed E-state index contributed by atoms with van der Waals surface area (Å²) in [5, 5.41) is 9.29. The van der Waals surface area contributed by atoms with Crippen molar-refractivity contribution in [1.82, 2.24) is 0 Å². The Balaban J connectivity index is 1.95. The van der Waals surface area contributed by atoms with Gasteiger partial charge in [-0.3, -0.25) is 0 Å². The Labute approximate surface area is 106 Å². The Morgan fingerprint density at radius 1 is 1.33 bits per heavy atom. The van der Waals surface area contributed by atoms with E-state index in [0.717, 1.165) is 18.2 Å². The van der Waals surface area contributed by atoms with Crippen LogP contribution in [-0.4, -0.2) is 23.7 Å². The van der Waals surface area contributed by atoms with Crippen LogP contribution in [-0.2, 0) is 0 Å². The zero-order chi connectivity index (χ0) is 12.7. The molecule has 1 aromatic rings. The first kappa shape index (κ1) is 11.4. The van der Waals surface area contributed by atoms with Gasteiger partial charge in [-0.2, -0.15) is 0 Å². The quantitative estimate of drug-likeness (QED) is 0.783. The molecule has 3 N–H and O–H groups in total. The molecule has 0 unspecified atom stereocenters. The number of rotatable bonds is 5. The first-order chi connectivity index (χ1) is 8.65. The van der Waals surface area contributed by atoms with E-state index in [1.165, 1.54) is 25.7 Å². The molecule has 0 bridgehead atoms. The van der Waals surface area contributed by atoms with Gasteiger partial charge in [-0.25, -0.2) is 4.79 Å². The van der Waals surface area contributed by atoms with E-state index >= 15 is 0 Å². The van der Waals surface area contributed by atoms with E-state index in [0.29, 0.717) is 17.3 Å². The number of nitrogens with two attached hydrogens (primary N) is 1. The van der Waals surface area contributed by atoms with Gasteiger partial charge in [0.15, 0.2) is 0 Å². The summed E-state index contributed by atoms with van der Waals surface area (Å²) in [6, 6.07) is 5.61. The summed E-state index contributed by atoms with van der Waals surface area (Å²) in [4.78, 5) is 13.6. The van der Waals surface area contributed by atoms with Crippen LogP contribution in [0.3, 0.4) is 0 Å². The molecule has 4 heteroatoms. The van der Waals surface area contributed by atoms with Gasteiger partial charge in [0.25, 0.3) is 0 Å². The molecule has 2 saturated carbocycles. The lowest BCUT2D eigenvalue weighted by Gasteiger charge is -2.26. The van der Waals surface area contributed by atoms with Gasteiger partial charge in [0.1, 0.15) is 0 Å². The molecule has 0 aromatic heterocycles. The number of carbonyl (C=O) groups is 1. The molecule has 0 heterocycles. The molecule has 3 rings (SSSR count). The lowest BCUT2D eigenvalue weighted by atomic mass is 10.1. The van der Waals surface area contributed by atoms with Crippen molar-refractivity contribution in [3.8, 4) is 0 Å². The molecule has 4 nitrogen and oxygen atoms in total. The molecule has 0 saturated heterocycles. The highest BCUT2D eigenvalue weighted by Gasteiger charge is 2.35. The van der Waals surface area contributed by atoms with Gasteiger partial charge in [0.2, 0.25) is 0 Å². The molecule has 2 fully saturated rings. The van der Waals surface area contributed by atoms with Crippen LogP contribution in [0.1, 0.15) is 36.0 Å². The molecular formula is C14H18N2O2. The van der Waals surface area contributed by atoms with E-state index in [1.54, 1.807) is 12.1 Å². The van der Waals surface area contributed by atoms with Crippen molar-refractivity contribution in [2.45, 2.75) is 31.7 Å². The maximum atomic E-state index is 11.3. The summed E-state index contributed by atoms with van der Waals surface area (Å²) in [6.45, 7) is 0.981. The average molecular weight is 246 g/mol. The monoisotopic (exact) mass is 246 g/mol. The summed E-state index contributed by atoms with van der Waals surface area (Å²) < 4.78 is 0. The number of carboxylic acids is 1.